The van der Waals surface area contributed by atoms with E-state index in [4.69, 9.17) is 0 Å². The first kappa shape index (κ1) is 22.4. The van der Waals surface area contributed by atoms with Crippen LogP contribution < -0.4 is 5.32 Å². The molecule has 0 aliphatic heterocycles. The van der Waals surface area contributed by atoms with E-state index in [2.05, 4.69) is 25.5 Å². The maximum atomic E-state index is 13.0. The number of aromatic nitrogens is 6. The number of alkyl halides is 3. The Labute approximate surface area is 187 Å². The van der Waals surface area contributed by atoms with Gasteiger partial charge in [-0.2, -0.15) is 23.4 Å². The third-order valence-corrected chi connectivity index (χ3v) is 5.07. The smallest absolute Gasteiger partial charge is 0.320 e. The number of fused-ring (bicyclic) bond motifs is 1. The molecule has 0 fully saturated rings. The molecule has 4 heterocycles. The Hall–Kier alpha value is -3.76. The summed E-state index contributed by atoms with van der Waals surface area (Å²) in [5.41, 5.74) is 1.18. The Morgan fingerprint density at radius 1 is 1.00 bits per heavy atom. The van der Waals surface area contributed by atoms with Gasteiger partial charge in [-0.1, -0.05) is 13.8 Å². The first-order valence-corrected chi connectivity index (χ1v) is 10.3. The summed E-state index contributed by atoms with van der Waals surface area (Å²) >= 11 is 0. The number of carbonyl (C=O) groups is 1. The van der Waals surface area contributed by atoms with Gasteiger partial charge in [0.1, 0.15) is 0 Å². The summed E-state index contributed by atoms with van der Waals surface area (Å²) in [7, 11) is 0. The van der Waals surface area contributed by atoms with Gasteiger partial charge in [0.05, 0.1) is 41.1 Å². The SMILES string of the molecule is CC(C)c1c(C(=O)Nc2cnc3c(cnn3C(C)C)c2)cnn1-c1ccc(C(F)(F)F)cn1. The summed E-state index contributed by atoms with van der Waals surface area (Å²) in [6, 6.07) is 4.09. The summed E-state index contributed by atoms with van der Waals surface area (Å²) in [5, 5.41) is 12.1. The van der Waals surface area contributed by atoms with Crippen molar-refractivity contribution in [1.29, 1.82) is 0 Å². The van der Waals surface area contributed by atoms with Crippen molar-refractivity contribution in [3.05, 3.63) is 59.8 Å². The van der Waals surface area contributed by atoms with Gasteiger partial charge >= 0.3 is 6.18 Å². The zero-order valence-corrected chi connectivity index (χ0v) is 18.4. The highest BCUT2D eigenvalue weighted by Crippen LogP contribution is 2.30. The quantitative estimate of drug-likeness (QED) is 0.456. The molecule has 0 bridgehead atoms. The van der Waals surface area contributed by atoms with Crippen LogP contribution in [-0.4, -0.2) is 35.4 Å². The highest BCUT2D eigenvalue weighted by Gasteiger charge is 2.31. The molecule has 4 aromatic heterocycles. The summed E-state index contributed by atoms with van der Waals surface area (Å²) in [5.74, 6) is -0.369. The number of nitrogens with one attached hydrogen (secondary N) is 1. The Bertz CT molecular complexity index is 1300. The molecular weight excluding hydrogens is 435 g/mol. The van der Waals surface area contributed by atoms with E-state index >= 15 is 0 Å². The number of anilines is 1. The number of nitrogens with zero attached hydrogens (tertiary/aromatic N) is 6. The van der Waals surface area contributed by atoms with Crippen molar-refractivity contribution in [2.24, 2.45) is 0 Å². The van der Waals surface area contributed by atoms with Crippen LogP contribution in [-0.2, 0) is 6.18 Å². The van der Waals surface area contributed by atoms with Crippen molar-refractivity contribution in [3.8, 4) is 5.82 Å². The van der Waals surface area contributed by atoms with E-state index < -0.39 is 17.6 Å². The fourth-order valence-corrected chi connectivity index (χ4v) is 3.53. The summed E-state index contributed by atoms with van der Waals surface area (Å²) < 4.78 is 41.8. The summed E-state index contributed by atoms with van der Waals surface area (Å²) in [6.45, 7) is 7.73. The maximum absolute atomic E-state index is 13.0. The minimum atomic E-state index is -4.48. The van der Waals surface area contributed by atoms with Crippen molar-refractivity contribution >= 4 is 22.6 Å². The average Bonchev–Trinajstić information content (AvgIpc) is 3.37. The van der Waals surface area contributed by atoms with Gasteiger partial charge in [-0.25, -0.2) is 19.3 Å². The molecule has 0 aliphatic rings. The van der Waals surface area contributed by atoms with E-state index in [1.54, 1.807) is 23.1 Å². The topological polar surface area (TPSA) is 90.5 Å². The normalized spacial score (nSPS) is 12.2. The minimum absolute atomic E-state index is 0.147. The molecule has 33 heavy (non-hydrogen) atoms. The van der Waals surface area contributed by atoms with E-state index in [-0.39, 0.29) is 17.8 Å². The number of rotatable bonds is 5. The van der Waals surface area contributed by atoms with Gasteiger partial charge in [0.2, 0.25) is 0 Å². The van der Waals surface area contributed by atoms with Crippen LogP contribution in [0.15, 0.2) is 43.0 Å². The second-order valence-electron chi connectivity index (χ2n) is 8.19. The Morgan fingerprint density at radius 2 is 1.76 bits per heavy atom. The van der Waals surface area contributed by atoms with E-state index in [9.17, 15) is 18.0 Å². The molecule has 1 N–H and O–H groups in total. The number of amides is 1. The molecule has 0 spiro atoms. The molecule has 0 atom stereocenters. The van der Waals surface area contributed by atoms with Crippen molar-refractivity contribution in [2.75, 3.05) is 5.32 Å². The van der Waals surface area contributed by atoms with E-state index in [1.807, 2.05) is 27.7 Å². The van der Waals surface area contributed by atoms with Crippen molar-refractivity contribution in [2.45, 2.75) is 45.8 Å². The summed E-state index contributed by atoms with van der Waals surface area (Å²) in [6.07, 6.45) is 0.887. The highest BCUT2D eigenvalue weighted by molar-refractivity contribution is 6.05. The number of carbonyl (C=O) groups excluding carboxylic acids is 1. The van der Waals surface area contributed by atoms with Gasteiger partial charge in [-0.3, -0.25) is 4.79 Å². The number of hydrogen-bond donors (Lipinski definition) is 1. The highest BCUT2D eigenvalue weighted by atomic mass is 19.4. The van der Waals surface area contributed by atoms with Crippen LogP contribution in [0.2, 0.25) is 0 Å². The predicted molar refractivity (Wildman–Crippen MR) is 116 cm³/mol. The second kappa shape index (κ2) is 8.30. The molecule has 0 unspecified atom stereocenters. The van der Waals surface area contributed by atoms with Crippen LogP contribution in [0.4, 0.5) is 18.9 Å². The molecule has 4 rings (SSSR count). The van der Waals surface area contributed by atoms with Crippen LogP contribution in [0.1, 0.15) is 61.3 Å². The van der Waals surface area contributed by atoms with Crippen LogP contribution in [0.3, 0.4) is 0 Å². The fraction of sp³-hybridized carbons (Fsp3) is 0.318. The lowest BCUT2D eigenvalue weighted by molar-refractivity contribution is -0.137. The standard InChI is InChI=1S/C22H22F3N7O/c1-12(2)19-17(11-29-32(19)18-6-5-15(9-26-18)22(23,24)25)21(33)30-16-7-14-8-28-31(13(3)4)20(14)27-10-16/h5-13H,1-4H3,(H,30,33). The monoisotopic (exact) mass is 457 g/mol. The van der Waals surface area contributed by atoms with Gasteiger partial charge in [-0.05, 0) is 38.0 Å². The zero-order valence-electron chi connectivity index (χ0n) is 18.4. The van der Waals surface area contributed by atoms with Gasteiger partial charge in [0, 0.05) is 17.6 Å². The van der Waals surface area contributed by atoms with Crippen molar-refractivity contribution in [1.82, 2.24) is 29.5 Å². The molecule has 0 saturated carbocycles. The Balaban J connectivity index is 1.63. The second-order valence-corrected chi connectivity index (χ2v) is 8.19. The Morgan fingerprint density at radius 3 is 2.36 bits per heavy atom. The lowest BCUT2D eigenvalue weighted by atomic mass is 10.1. The van der Waals surface area contributed by atoms with Crippen LogP contribution >= 0.6 is 0 Å². The van der Waals surface area contributed by atoms with Gasteiger partial charge in [0.25, 0.3) is 5.91 Å². The minimum Gasteiger partial charge on any atom is -0.320 e. The largest absolute Gasteiger partial charge is 0.417 e. The van der Waals surface area contributed by atoms with Crippen LogP contribution in [0.25, 0.3) is 16.9 Å². The molecule has 0 saturated heterocycles. The van der Waals surface area contributed by atoms with E-state index in [1.165, 1.54) is 16.9 Å². The van der Waals surface area contributed by atoms with Crippen LogP contribution in [0.5, 0.6) is 0 Å². The number of hydrogen-bond acceptors (Lipinski definition) is 5. The van der Waals surface area contributed by atoms with Gasteiger partial charge in [-0.15, -0.1) is 0 Å². The third-order valence-electron chi connectivity index (χ3n) is 5.07. The molecule has 11 heteroatoms. The molecule has 0 aliphatic carbocycles. The van der Waals surface area contributed by atoms with Gasteiger partial charge < -0.3 is 5.32 Å². The summed E-state index contributed by atoms with van der Waals surface area (Å²) in [4.78, 5) is 21.3. The van der Waals surface area contributed by atoms with E-state index in [0.29, 0.717) is 22.6 Å². The molecule has 8 nitrogen and oxygen atoms in total. The maximum Gasteiger partial charge on any atom is 0.417 e. The lowest BCUT2D eigenvalue weighted by Crippen LogP contribution is -2.16. The third kappa shape index (κ3) is 4.30. The first-order valence-electron chi connectivity index (χ1n) is 10.3. The average molecular weight is 457 g/mol. The molecule has 1 amide bonds. The molecule has 0 radical (unpaired) electrons. The van der Waals surface area contributed by atoms with Gasteiger partial charge in [0.15, 0.2) is 11.5 Å². The van der Waals surface area contributed by atoms with Crippen molar-refractivity contribution < 1.29 is 18.0 Å². The first-order chi connectivity index (χ1) is 15.6. The lowest BCUT2D eigenvalue weighted by Gasteiger charge is -2.13. The zero-order chi connectivity index (χ0) is 23.9. The van der Waals surface area contributed by atoms with Crippen LogP contribution in [0, 0.1) is 0 Å². The molecule has 0 aromatic carbocycles. The Kier molecular flexibility index (Phi) is 5.64. The van der Waals surface area contributed by atoms with E-state index in [0.717, 1.165) is 17.6 Å². The number of halogens is 3. The predicted octanol–water partition coefficient (Wildman–Crippen LogP) is 4.99. The molecular formula is C22H22F3N7O. The number of pyridine rings is 2. The van der Waals surface area contributed by atoms with Crippen molar-refractivity contribution in [3.63, 3.8) is 0 Å². The molecule has 172 valence electrons. The fourth-order valence-electron chi connectivity index (χ4n) is 3.53. The molecule has 4 aromatic rings.